The molecule has 19 heavy (non-hydrogen) atoms. The molecular weight excluding hydrogens is 254 g/mol. The minimum atomic E-state index is -1.18. The van der Waals surface area contributed by atoms with Gasteiger partial charge < -0.3 is 5.11 Å². The highest BCUT2D eigenvalue weighted by molar-refractivity contribution is 5.94. The van der Waals surface area contributed by atoms with Crippen molar-refractivity contribution in [1.82, 2.24) is 4.98 Å². The number of hydrogen-bond donors (Lipinski definition) is 2. The molecular formula is C11H9N3O5. The first-order valence-electron chi connectivity index (χ1n) is 5.21. The molecule has 0 atom stereocenters. The largest absolute Gasteiger partial charge is 0.479 e. The predicted octanol–water partition coefficient (Wildman–Crippen LogP) is 1.57. The Morgan fingerprint density at radius 2 is 2.26 bits per heavy atom. The van der Waals surface area contributed by atoms with Gasteiger partial charge in [-0.15, -0.1) is 0 Å². The van der Waals surface area contributed by atoms with Crippen molar-refractivity contribution in [2.45, 2.75) is 0 Å². The van der Waals surface area contributed by atoms with Crippen LogP contribution in [0.4, 0.5) is 11.4 Å². The summed E-state index contributed by atoms with van der Waals surface area (Å²) in [4.78, 5) is 29.5. The molecule has 0 unspecified atom stereocenters. The molecule has 0 saturated heterocycles. The van der Waals surface area contributed by atoms with E-state index in [2.05, 4.69) is 15.3 Å². The average Bonchev–Trinajstić information content (AvgIpc) is 2.37. The lowest BCUT2D eigenvalue weighted by atomic mass is 10.1. The quantitative estimate of drug-likeness (QED) is 0.621. The lowest BCUT2D eigenvalue weighted by Crippen LogP contribution is -2.12. The van der Waals surface area contributed by atoms with Crippen LogP contribution in [0.3, 0.4) is 0 Å². The molecule has 1 heterocycles. The molecule has 8 heteroatoms. The number of aliphatic carboxylic acids is 1. The van der Waals surface area contributed by atoms with Crippen molar-refractivity contribution in [3.63, 3.8) is 0 Å². The minimum absolute atomic E-state index is 0.0757. The zero-order valence-corrected chi connectivity index (χ0v) is 9.57. The average molecular weight is 263 g/mol. The third kappa shape index (κ3) is 2.75. The number of hydrogen-bond acceptors (Lipinski definition) is 6. The first-order chi connectivity index (χ1) is 9.09. The molecule has 0 bridgehead atoms. The van der Waals surface area contributed by atoms with Crippen molar-refractivity contribution < 1.29 is 19.7 Å². The maximum Gasteiger partial charge on any atom is 0.332 e. The van der Waals surface area contributed by atoms with Crippen molar-refractivity contribution in [3.05, 3.63) is 40.6 Å². The van der Waals surface area contributed by atoms with Crippen LogP contribution < -0.4 is 5.48 Å². The number of carboxylic acid groups (broad SMARTS) is 1. The van der Waals surface area contributed by atoms with Crippen molar-refractivity contribution in [3.8, 4) is 0 Å². The lowest BCUT2D eigenvalue weighted by Gasteiger charge is -2.07. The van der Waals surface area contributed by atoms with Gasteiger partial charge >= 0.3 is 11.7 Å². The molecule has 0 amide bonds. The summed E-state index contributed by atoms with van der Waals surface area (Å²) in [5.41, 5.74) is 2.60. The number of carbonyl (C=O) groups is 1. The summed E-state index contributed by atoms with van der Waals surface area (Å²) in [5.74, 6) is -1.18. The zero-order valence-electron chi connectivity index (χ0n) is 9.57. The Hall–Kier alpha value is -2.74. The fourth-order valence-electron chi connectivity index (χ4n) is 1.59. The molecule has 0 fully saturated rings. The van der Waals surface area contributed by atoms with Crippen LogP contribution >= 0.6 is 0 Å². The van der Waals surface area contributed by atoms with Crippen LogP contribution in [0.25, 0.3) is 10.9 Å². The van der Waals surface area contributed by atoms with Gasteiger partial charge in [-0.25, -0.2) is 4.79 Å². The summed E-state index contributed by atoms with van der Waals surface area (Å²) in [6.45, 7) is -0.609. The smallest absolute Gasteiger partial charge is 0.332 e. The maximum absolute atomic E-state index is 11.1. The highest BCUT2D eigenvalue weighted by atomic mass is 16.7. The molecule has 1 aromatic heterocycles. The molecule has 1 aromatic carbocycles. The molecule has 98 valence electrons. The summed E-state index contributed by atoms with van der Waals surface area (Å²) < 4.78 is 0. The monoisotopic (exact) mass is 263 g/mol. The van der Waals surface area contributed by atoms with Gasteiger partial charge in [-0.2, -0.15) is 0 Å². The van der Waals surface area contributed by atoms with Gasteiger partial charge in [0.05, 0.1) is 15.8 Å². The molecule has 0 radical (unpaired) electrons. The first kappa shape index (κ1) is 12.7. The predicted molar refractivity (Wildman–Crippen MR) is 65.6 cm³/mol. The Morgan fingerprint density at radius 3 is 2.95 bits per heavy atom. The standard InChI is InChI=1S/C11H9N3O5/c15-10(16)6-19-13-9-4-3-8-7(2-1-5-12-8)11(9)14(17)18/h1-5,13H,6H2,(H,15,16). The minimum Gasteiger partial charge on any atom is -0.479 e. The van der Waals surface area contributed by atoms with Crippen LogP contribution in [0.2, 0.25) is 0 Å². The van der Waals surface area contributed by atoms with Gasteiger partial charge in [0.25, 0.3) is 0 Å². The molecule has 0 aliphatic rings. The van der Waals surface area contributed by atoms with E-state index in [1.165, 1.54) is 12.3 Å². The van der Waals surface area contributed by atoms with E-state index in [1.54, 1.807) is 18.2 Å². The van der Waals surface area contributed by atoms with Crippen LogP contribution in [0.1, 0.15) is 0 Å². The van der Waals surface area contributed by atoms with Crippen molar-refractivity contribution in [2.24, 2.45) is 0 Å². The van der Waals surface area contributed by atoms with Gasteiger partial charge in [0.15, 0.2) is 6.61 Å². The van der Waals surface area contributed by atoms with E-state index in [1.807, 2.05) is 0 Å². The van der Waals surface area contributed by atoms with Crippen LogP contribution in [0.15, 0.2) is 30.5 Å². The summed E-state index contributed by atoms with van der Waals surface area (Å²) >= 11 is 0. The molecule has 0 aliphatic heterocycles. The van der Waals surface area contributed by atoms with Crippen molar-refractivity contribution in [1.29, 1.82) is 0 Å². The number of rotatable bonds is 5. The third-order valence-electron chi connectivity index (χ3n) is 2.32. The number of anilines is 1. The fourth-order valence-corrected chi connectivity index (χ4v) is 1.59. The second-order valence-corrected chi connectivity index (χ2v) is 3.57. The van der Waals surface area contributed by atoms with Crippen LogP contribution in [-0.2, 0) is 9.63 Å². The lowest BCUT2D eigenvalue weighted by molar-refractivity contribution is -0.382. The molecule has 2 rings (SSSR count). The van der Waals surface area contributed by atoms with E-state index >= 15 is 0 Å². The summed E-state index contributed by atoms with van der Waals surface area (Å²) in [6.07, 6.45) is 1.53. The Bertz CT molecular complexity index is 643. The number of nitro groups is 1. The van der Waals surface area contributed by atoms with E-state index in [-0.39, 0.29) is 11.4 Å². The fraction of sp³-hybridized carbons (Fsp3) is 0.0909. The van der Waals surface area contributed by atoms with Crippen molar-refractivity contribution in [2.75, 3.05) is 12.1 Å². The highest BCUT2D eigenvalue weighted by Gasteiger charge is 2.19. The molecule has 0 aliphatic carbocycles. The number of carboxylic acids is 1. The van der Waals surface area contributed by atoms with Gasteiger partial charge in [-0.3, -0.25) is 25.4 Å². The van der Waals surface area contributed by atoms with Gasteiger partial charge in [0.2, 0.25) is 0 Å². The normalized spacial score (nSPS) is 10.3. The van der Waals surface area contributed by atoms with E-state index in [0.29, 0.717) is 10.9 Å². The first-order valence-corrected chi connectivity index (χ1v) is 5.21. The second-order valence-electron chi connectivity index (χ2n) is 3.57. The molecule has 0 spiro atoms. The number of pyridine rings is 1. The van der Waals surface area contributed by atoms with Gasteiger partial charge in [-0.1, -0.05) is 0 Å². The topological polar surface area (TPSA) is 115 Å². The van der Waals surface area contributed by atoms with Crippen LogP contribution in [-0.4, -0.2) is 27.6 Å². The van der Waals surface area contributed by atoms with Gasteiger partial charge in [0.1, 0.15) is 5.69 Å². The Labute approximate surface area is 106 Å². The van der Waals surface area contributed by atoms with Crippen LogP contribution in [0.5, 0.6) is 0 Å². The number of benzene rings is 1. The number of aromatic nitrogens is 1. The van der Waals surface area contributed by atoms with Crippen molar-refractivity contribution >= 4 is 28.2 Å². The summed E-state index contributed by atoms with van der Waals surface area (Å²) in [5, 5.41) is 19.9. The molecule has 8 nitrogen and oxygen atoms in total. The maximum atomic E-state index is 11.1. The highest BCUT2D eigenvalue weighted by Crippen LogP contribution is 2.32. The summed E-state index contributed by atoms with van der Waals surface area (Å²) in [6, 6.07) is 6.13. The Morgan fingerprint density at radius 1 is 1.47 bits per heavy atom. The zero-order chi connectivity index (χ0) is 13.8. The summed E-state index contributed by atoms with van der Waals surface area (Å²) in [7, 11) is 0. The number of fused-ring (bicyclic) bond motifs is 1. The number of nitro benzene ring substituents is 1. The number of nitrogens with one attached hydrogen (secondary N) is 1. The molecule has 0 saturated carbocycles. The Balaban J connectivity index is 2.40. The van der Waals surface area contributed by atoms with E-state index in [4.69, 9.17) is 5.11 Å². The second kappa shape index (κ2) is 5.27. The Kier molecular flexibility index (Phi) is 3.53. The number of nitrogens with zero attached hydrogens (tertiary/aromatic N) is 2. The van der Waals surface area contributed by atoms with Gasteiger partial charge in [0, 0.05) is 6.20 Å². The van der Waals surface area contributed by atoms with Crippen LogP contribution in [0, 0.1) is 10.1 Å². The third-order valence-corrected chi connectivity index (χ3v) is 2.32. The van der Waals surface area contributed by atoms with E-state index in [9.17, 15) is 14.9 Å². The molecule has 2 aromatic rings. The van der Waals surface area contributed by atoms with Gasteiger partial charge in [-0.05, 0) is 24.3 Å². The van der Waals surface area contributed by atoms with E-state index in [0.717, 1.165) is 0 Å². The van der Waals surface area contributed by atoms with E-state index < -0.39 is 17.5 Å². The molecule has 2 N–H and O–H groups in total. The SMILES string of the molecule is O=C(O)CONc1ccc2ncccc2c1[N+](=O)[O-].